The normalized spacial score (nSPS) is 10.8. The van der Waals surface area contributed by atoms with Gasteiger partial charge in [-0.3, -0.25) is 9.59 Å². The standard InChI is InChI=1S/C18H22FN3O2S/c1-12(2)18-21-15(11-25-18)10-22(3)16(23)8-9-20-17(24)13-4-6-14(19)7-5-13/h4-7,11-12H,8-10H2,1-3H3,(H,20,24). The van der Waals surface area contributed by atoms with Crippen molar-refractivity contribution in [1.82, 2.24) is 15.2 Å². The van der Waals surface area contributed by atoms with E-state index in [1.807, 2.05) is 5.38 Å². The van der Waals surface area contributed by atoms with Gasteiger partial charge in [-0.05, 0) is 24.3 Å². The third-order valence-corrected chi connectivity index (χ3v) is 4.81. The summed E-state index contributed by atoms with van der Waals surface area (Å²) < 4.78 is 12.8. The Bertz CT molecular complexity index is 728. The van der Waals surface area contributed by atoms with Crippen molar-refractivity contribution in [2.75, 3.05) is 13.6 Å². The predicted octanol–water partition coefficient (Wildman–Crippen LogP) is 3.18. The second-order valence-electron chi connectivity index (χ2n) is 6.09. The number of halogens is 1. The first-order valence-electron chi connectivity index (χ1n) is 8.09. The topological polar surface area (TPSA) is 62.3 Å². The van der Waals surface area contributed by atoms with Crippen LogP contribution >= 0.6 is 11.3 Å². The predicted molar refractivity (Wildman–Crippen MR) is 96.0 cm³/mol. The second-order valence-corrected chi connectivity index (χ2v) is 6.98. The Hall–Kier alpha value is -2.28. The molecule has 1 heterocycles. The zero-order valence-electron chi connectivity index (χ0n) is 14.6. The van der Waals surface area contributed by atoms with Crippen LogP contribution in [0.25, 0.3) is 0 Å². The van der Waals surface area contributed by atoms with Gasteiger partial charge in [0.2, 0.25) is 5.91 Å². The Labute approximate surface area is 150 Å². The van der Waals surface area contributed by atoms with Crippen LogP contribution in [0.3, 0.4) is 0 Å². The molecular formula is C18H22FN3O2S. The Morgan fingerprint density at radius 2 is 1.96 bits per heavy atom. The highest BCUT2D eigenvalue weighted by molar-refractivity contribution is 7.09. The van der Waals surface area contributed by atoms with Gasteiger partial charge in [0.15, 0.2) is 0 Å². The molecule has 1 aromatic heterocycles. The highest BCUT2D eigenvalue weighted by atomic mass is 32.1. The molecule has 2 aromatic rings. The van der Waals surface area contributed by atoms with Crippen LogP contribution < -0.4 is 5.32 Å². The minimum absolute atomic E-state index is 0.0708. The summed E-state index contributed by atoms with van der Waals surface area (Å²) >= 11 is 1.60. The van der Waals surface area contributed by atoms with Crippen molar-refractivity contribution < 1.29 is 14.0 Å². The second kappa shape index (κ2) is 8.71. The minimum Gasteiger partial charge on any atom is -0.352 e. The first kappa shape index (κ1) is 19.1. The Balaban J connectivity index is 1.77. The van der Waals surface area contributed by atoms with Crippen molar-refractivity contribution in [3.8, 4) is 0 Å². The summed E-state index contributed by atoms with van der Waals surface area (Å²) in [4.78, 5) is 30.2. The summed E-state index contributed by atoms with van der Waals surface area (Å²) in [6.07, 6.45) is 0.199. The molecule has 0 aliphatic rings. The molecule has 0 unspecified atom stereocenters. The molecule has 0 atom stereocenters. The van der Waals surface area contributed by atoms with Gasteiger partial charge in [-0.25, -0.2) is 9.37 Å². The van der Waals surface area contributed by atoms with Gasteiger partial charge in [-0.1, -0.05) is 13.8 Å². The third kappa shape index (κ3) is 5.63. The molecule has 0 saturated heterocycles. The molecule has 1 N–H and O–H groups in total. The number of rotatable bonds is 7. The van der Waals surface area contributed by atoms with Crippen LogP contribution in [0.15, 0.2) is 29.6 Å². The minimum atomic E-state index is -0.393. The van der Waals surface area contributed by atoms with E-state index in [0.29, 0.717) is 18.0 Å². The largest absolute Gasteiger partial charge is 0.352 e. The van der Waals surface area contributed by atoms with Crippen molar-refractivity contribution in [2.24, 2.45) is 0 Å². The number of hydrogen-bond donors (Lipinski definition) is 1. The third-order valence-electron chi connectivity index (χ3n) is 3.62. The molecule has 0 radical (unpaired) electrons. The van der Waals surface area contributed by atoms with Gasteiger partial charge in [0.1, 0.15) is 5.82 Å². The molecule has 0 fully saturated rings. The molecule has 7 heteroatoms. The summed E-state index contributed by atoms with van der Waals surface area (Å²) in [5.74, 6) is -0.410. The molecular weight excluding hydrogens is 341 g/mol. The Morgan fingerprint density at radius 1 is 1.28 bits per heavy atom. The van der Waals surface area contributed by atoms with Crippen LogP contribution in [0.5, 0.6) is 0 Å². The number of thiazole rings is 1. The van der Waals surface area contributed by atoms with Crippen molar-refractivity contribution in [3.63, 3.8) is 0 Å². The highest BCUT2D eigenvalue weighted by Gasteiger charge is 2.13. The van der Waals surface area contributed by atoms with Gasteiger partial charge in [0.05, 0.1) is 17.2 Å². The van der Waals surface area contributed by atoms with Crippen molar-refractivity contribution in [3.05, 3.63) is 51.7 Å². The lowest BCUT2D eigenvalue weighted by Crippen LogP contribution is -2.32. The molecule has 0 spiro atoms. The quantitative estimate of drug-likeness (QED) is 0.822. The van der Waals surface area contributed by atoms with E-state index in [9.17, 15) is 14.0 Å². The summed E-state index contributed by atoms with van der Waals surface area (Å²) in [6, 6.07) is 5.28. The van der Waals surface area contributed by atoms with E-state index in [0.717, 1.165) is 10.7 Å². The zero-order chi connectivity index (χ0) is 18.4. The molecule has 25 heavy (non-hydrogen) atoms. The number of aromatic nitrogens is 1. The van der Waals surface area contributed by atoms with Crippen molar-refractivity contribution in [2.45, 2.75) is 32.7 Å². The van der Waals surface area contributed by atoms with E-state index >= 15 is 0 Å². The molecule has 2 amide bonds. The summed E-state index contributed by atoms with van der Waals surface area (Å²) in [5, 5.41) is 5.69. The van der Waals surface area contributed by atoms with Gasteiger partial charge >= 0.3 is 0 Å². The van der Waals surface area contributed by atoms with Gasteiger partial charge in [-0.2, -0.15) is 0 Å². The maximum atomic E-state index is 12.8. The van der Waals surface area contributed by atoms with E-state index in [1.54, 1.807) is 23.3 Å². The molecule has 134 valence electrons. The zero-order valence-corrected chi connectivity index (χ0v) is 15.4. The highest BCUT2D eigenvalue weighted by Crippen LogP contribution is 2.19. The first-order valence-corrected chi connectivity index (χ1v) is 8.97. The first-order chi connectivity index (χ1) is 11.9. The number of carbonyl (C=O) groups excluding carboxylic acids is 2. The molecule has 2 rings (SSSR count). The lowest BCUT2D eigenvalue weighted by atomic mass is 10.2. The van der Waals surface area contributed by atoms with Crippen LogP contribution in [-0.2, 0) is 11.3 Å². The van der Waals surface area contributed by atoms with E-state index < -0.39 is 5.82 Å². The van der Waals surface area contributed by atoms with Gasteiger partial charge in [0, 0.05) is 36.9 Å². The lowest BCUT2D eigenvalue weighted by Gasteiger charge is -2.16. The van der Waals surface area contributed by atoms with Crippen LogP contribution in [0, 0.1) is 5.82 Å². The summed E-state index contributed by atoms with van der Waals surface area (Å²) in [5.41, 5.74) is 1.24. The SMILES string of the molecule is CC(C)c1nc(CN(C)C(=O)CCNC(=O)c2ccc(F)cc2)cs1. The van der Waals surface area contributed by atoms with Gasteiger partial charge < -0.3 is 10.2 Å². The Kier molecular flexibility index (Phi) is 6.64. The number of benzene rings is 1. The smallest absolute Gasteiger partial charge is 0.251 e. The van der Waals surface area contributed by atoms with Crippen LogP contribution in [0.2, 0.25) is 0 Å². The number of nitrogens with one attached hydrogen (secondary N) is 1. The van der Waals surface area contributed by atoms with E-state index in [4.69, 9.17) is 0 Å². The average molecular weight is 363 g/mol. The van der Waals surface area contributed by atoms with Crippen molar-refractivity contribution in [1.29, 1.82) is 0 Å². The fraction of sp³-hybridized carbons (Fsp3) is 0.389. The molecule has 0 saturated carbocycles. The monoisotopic (exact) mass is 363 g/mol. The number of amides is 2. The molecule has 1 aromatic carbocycles. The number of carbonyl (C=O) groups is 2. The lowest BCUT2D eigenvalue weighted by molar-refractivity contribution is -0.130. The number of nitrogens with zero attached hydrogens (tertiary/aromatic N) is 2. The van der Waals surface area contributed by atoms with Gasteiger partial charge in [-0.15, -0.1) is 11.3 Å². The fourth-order valence-corrected chi connectivity index (χ4v) is 2.99. The molecule has 5 nitrogen and oxygen atoms in total. The maximum absolute atomic E-state index is 12.8. The molecule has 0 aliphatic carbocycles. The molecule has 0 aliphatic heterocycles. The average Bonchev–Trinajstić information content (AvgIpc) is 3.04. The van der Waals surface area contributed by atoms with Gasteiger partial charge in [0.25, 0.3) is 5.91 Å². The van der Waals surface area contributed by atoms with Crippen LogP contribution in [-0.4, -0.2) is 35.3 Å². The van der Waals surface area contributed by atoms with Crippen LogP contribution in [0.1, 0.15) is 47.2 Å². The maximum Gasteiger partial charge on any atom is 0.251 e. The van der Waals surface area contributed by atoms with Crippen LogP contribution in [0.4, 0.5) is 4.39 Å². The van der Waals surface area contributed by atoms with E-state index in [-0.39, 0.29) is 24.8 Å². The van der Waals surface area contributed by atoms with E-state index in [1.165, 1.54) is 24.3 Å². The van der Waals surface area contributed by atoms with E-state index in [2.05, 4.69) is 24.1 Å². The molecule has 0 bridgehead atoms. The number of hydrogen-bond acceptors (Lipinski definition) is 4. The fourth-order valence-electron chi connectivity index (χ4n) is 2.17. The Morgan fingerprint density at radius 3 is 2.56 bits per heavy atom. The van der Waals surface area contributed by atoms with Crippen molar-refractivity contribution >= 4 is 23.2 Å². The summed E-state index contributed by atoms with van der Waals surface area (Å²) in [6.45, 7) is 4.85. The summed E-state index contributed by atoms with van der Waals surface area (Å²) in [7, 11) is 1.72.